The van der Waals surface area contributed by atoms with E-state index in [9.17, 15) is 69.1 Å². The van der Waals surface area contributed by atoms with Crippen molar-refractivity contribution in [3.8, 4) is 0 Å². The first-order valence-electron chi connectivity index (χ1n) is 28.8. The molecule has 15 atom stereocenters. The van der Waals surface area contributed by atoms with Gasteiger partial charge in [-0.25, -0.2) is 19.4 Å². The number of aliphatic imine (C=N–C) groups is 1. The Balaban J connectivity index is 1.52. The lowest BCUT2D eigenvalue weighted by atomic mass is 9.96. The number of esters is 1. The standard InChI is InChI=1S/C52H90N14O19/c1-26(2)32(46(74)75)63-51(78)64-33(28-18-22-59-50(56)60-28)44(73)62-34(39(27(3)4)83-31(68)17-14-12-10-8-6-7-9-11-13-15-23-66(80)49(54)55)43(72)58-21-16-20-57-35(47(76)77)40(85-48-42(81-5)36(69)29(25-53)82-48)41-37(70)38(71)45(84-41)65-24-19-30(67)61-52(65)79/h19,24,26-29,32-42,45,48,57,69-71,80H,6-18,20-23,25,53H2,1-5H3,(H3,54,55)(H,58,72)(H,62,73)(H,74,75)(H,76,77)(H3,56,59,60)(H,61,67,79)(H2,63,64,78)/t28?,29-,32?,33?,34?,35?,36-,37+,38-,39?,40?,41+,42-,45-,48?/m1/s1. The summed E-state index contributed by atoms with van der Waals surface area (Å²) in [6.07, 6.45) is -6.04. The average molecular weight is 1220 g/mol. The Labute approximate surface area is 491 Å². The average Bonchev–Trinajstić information content (AvgIpc) is 2.45. The van der Waals surface area contributed by atoms with Crippen LogP contribution in [0.4, 0.5) is 4.79 Å². The maximum absolute atomic E-state index is 14.6. The number of unbranched alkanes of at least 4 members (excludes halogenated alkanes) is 9. The van der Waals surface area contributed by atoms with Crippen molar-refractivity contribution in [3.63, 3.8) is 0 Å². The number of nitrogens with two attached hydrogens (primary N) is 3. The number of methoxy groups -OCH3 is 1. The Morgan fingerprint density at radius 3 is 2.04 bits per heavy atom. The van der Waals surface area contributed by atoms with Gasteiger partial charge in [-0.3, -0.25) is 49.1 Å². The SMILES string of the molecule is CO[C@H]1C(OC(C(NCCCNC(=O)C(NC(=O)C(NC(=O)NC(C(=O)O)C(C)C)C2CCN=C(N)N2)C(OC(=O)CCCCCCCCCCCCN(O)C(=N)N)C(C)C)C(=O)O)[C@H]2O[C@@H](n3ccc(=O)[nH]c3=O)[C@H](O)[C@@H]2O)O[C@H](CN)[C@H]1O. The number of carboxylic acids is 2. The number of urea groups is 1. The molecule has 0 aromatic carbocycles. The Bertz CT molecular complexity index is 2490. The summed E-state index contributed by atoms with van der Waals surface area (Å²) in [6.45, 7) is 6.19. The molecule has 85 heavy (non-hydrogen) atoms. The summed E-state index contributed by atoms with van der Waals surface area (Å²) < 4.78 is 30.0. The maximum Gasteiger partial charge on any atom is 0.330 e. The maximum atomic E-state index is 14.6. The molecule has 4 heterocycles. The van der Waals surface area contributed by atoms with E-state index < -0.39 is 156 Å². The molecule has 0 spiro atoms. The van der Waals surface area contributed by atoms with Gasteiger partial charge in [0.1, 0.15) is 73.0 Å². The van der Waals surface area contributed by atoms with Crippen molar-refractivity contribution in [3.05, 3.63) is 33.1 Å². The highest BCUT2D eigenvalue weighted by Crippen LogP contribution is 2.35. The topological polar surface area (TPSA) is 514 Å². The number of guanidine groups is 2. The van der Waals surface area contributed by atoms with Crippen LogP contribution in [0.15, 0.2) is 26.8 Å². The zero-order chi connectivity index (χ0) is 63.1. The Morgan fingerprint density at radius 1 is 0.835 bits per heavy atom. The molecule has 2 fully saturated rings. The summed E-state index contributed by atoms with van der Waals surface area (Å²) in [5, 5.41) is 87.2. The van der Waals surface area contributed by atoms with Crippen molar-refractivity contribution < 1.29 is 83.2 Å². The number of aromatic amines is 1. The van der Waals surface area contributed by atoms with E-state index in [2.05, 4.69) is 36.9 Å². The zero-order valence-corrected chi connectivity index (χ0v) is 48.8. The number of aliphatic carboxylic acids is 2. The second kappa shape index (κ2) is 35.2. The van der Waals surface area contributed by atoms with Crippen molar-refractivity contribution in [2.75, 3.05) is 39.8 Å². The van der Waals surface area contributed by atoms with E-state index in [1.807, 2.05) is 4.98 Å². The number of hydrogen-bond acceptors (Lipinski definition) is 23. The molecule has 4 amide bonds. The molecule has 0 aliphatic carbocycles. The number of nitrogens with zero attached hydrogens (tertiary/aromatic N) is 3. The number of carboxylic acid groups (broad SMARTS) is 2. The van der Waals surface area contributed by atoms with Gasteiger partial charge in [0.05, 0.1) is 6.04 Å². The number of ether oxygens (including phenoxy) is 5. The Hall–Kier alpha value is -6.56. The van der Waals surface area contributed by atoms with Crippen molar-refractivity contribution in [2.24, 2.45) is 34.0 Å². The number of aromatic nitrogens is 2. The molecule has 8 unspecified atom stereocenters. The first kappa shape index (κ1) is 70.9. The number of H-pyrrole nitrogens is 1. The minimum Gasteiger partial charge on any atom is -0.480 e. The molecule has 3 aliphatic heterocycles. The Morgan fingerprint density at radius 2 is 1.47 bits per heavy atom. The first-order valence-corrected chi connectivity index (χ1v) is 28.8. The quantitative estimate of drug-likeness (QED) is 0.0101. The van der Waals surface area contributed by atoms with E-state index in [-0.39, 0.29) is 51.4 Å². The van der Waals surface area contributed by atoms with Gasteiger partial charge in [0.25, 0.3) is 5.56 Å². The molecule has 0 saturated carbocycles. The van der Waals surface area contributed by atoms with E-state index in [1.54, 1.807) is 27.7 Å². The molecule has 1 aromatic rings. The van der Waals surface area contributed by atoms with Gasteiger partial charge in [-0.2, -0.15) is 0 Å². The lowest BCUT2D eigenvalue weighted by molar-refractivity contribution is -0.231. The van der Waals surface area contributed by atoms with Gasteiger partial charge >= 0.3 is 29.6 Å². The predicted molar refractivity (Wildman–Crippen MR) is 301 cm³/mol. The lowest BCUT2D eigenvalue weighted by Gasteiger charge is -2.34. The summed E-state index contributed by atoms with van der Waals surface area (Å²) in [4.78, 5) is 112. The fourth-order valence-electron chi connectivity index (χ4n) is 10.1. The normalized spacial score (nSPS) is 24.2. The van der Waals surface area contributed by atoms with E-state index in [0.717, 1.165) is 61.8 Å². The summed E-state index contributed by atoms with van der Waals surface area (Å²) in [5.74, 6) is -7.05. The second-order valence-electron chi connectivity index (χ2n) is 21.9. The van der Waals surface area contributed by atoms with Crippen molar-refractivity contribution >= 4 is 47.7 Å². The first-order chi connectivity index (χ1) is 40.3. The third-order valence-corrected chi connectivity index (χ3v) is 14.8. The van der Waals surface area contributed by atoms with Gasteiger partial charge in [-0.05, 0) is 44.1 Å². The minimum atomic E-state index is -1.94. The van der Waals surface area contributed by atoms with Gasteiger partial charge in [-0.15, -0.1) is 0 Å². The number of hydroxylamine groups is 2. The molecular weight excluding hydrogens is 1120 g/mol. The number of carbonyl (C=O) groups is 6. The van der Waals surface area contributed by atoms with Crippen molar-refractivity contribution in [2.45, 2.75) is 203 Å². The molecule has 2 saturated heterocycles. The predicted octanol–water partition coefficient (Wildman–Crippen LogP) is -3.47. The number of aliphatic hydroxyl groups is 3. The van der Waals surface area contributed by atoms with Crippen LogP contribution in [0.1, 0.15) is 117 Å². The molecule has 482 valence electrons. The van der Waals surface area contributed by atoms with Crippen LogP contribution in [0, 0.1) is 17.2 Å². The van der Waals surface area contributed by atoms with Crippen LogP contribution in [0.3, 0.4) is 0 Å². The lowest BCUT2D eigenvalue weighted by Crippen LogP contribution is -2.66. The summed E-state index contributed by atoms with van der Waals surface area (Å²) in [5.41, 5.74) is 15.2. The number of amides is 4. The number of carbonyl (C=O) groups excluding carboxylic acids is 4. The van der Waals surface area contributed by atoms with Gasteiger partial charge in [0.2, 0.25) is 17.8 Å². The molecule has 33 nitrogen and oxygen atoms in total. The third kappa shape index (κ3) is 21.4. The van der Waals surface area contributed by atoms with Crippen LogP contribution in [0.25, 0.3) is 0 Å². The minimum absolute atomic E-state index is 0.0221. The van der Waals surface area contributed by atoms with E-state index in [4.69, 9.17) is 46.3 Å². The van der Waals surface area contributed by atoms with Crippen LogP contribution in [-0.2, 0) is 47.7 Å². The summed E-state index contributed by atoms with van der Waals surface area (Å²) in [7, 11) is 1.22. The fourth-order valence-corrected chi connectivity index (χ4v) is 10.1. The van der Waals surface area contributed by atoms with Gasteiger partial charge in [-0.1, -0.05) is 79.1 Å². The molecule has 33 heteroatoms. The van der Waals surface area contributed by atoms with E-state index >= 15 is 0 Å². The number of hydrogen-bond donors (Lipinski definition) is 17. The largest absolute Gasteiger partial charge is 0.480 e. The molecule has 4 rings (SSSR count). The molecular formula is C52H90N14O19. The zero-order valence-electron chi connectivity index (χ0n) is 48.8. The van der Waals surface area contributed by atoms with Crippen LogP contribution >= 0.6 is 0 Å². The van der Waals surface area contributed by atoms with Gasteiger partial charge < -0.3 is 98.3 Å². The fraction of sp³-hybridized carbons (Fsp3) is 0.769. The number of aliphatic hydroxyl groups excluding tert-OH is 3. The Kier molecular flexibility index (Phi) is 29.3. The number of rotatable bonds is 37. The molecule has 3 aliphatic rings. The van der Waals surface area contributed by atoms with Gasteiger partial charge in [0.15, 0.2) is 18.5 Å². The molecule has 1 aromatic heterocycles. The highest BCUT2D eigenvalue weighted by molar-refractivity contribution is 5.94. The van der Waals surface area contributed by atoms with Crippen LogP contribution in [0.2, 0.25) is 0 Å². The highest BCUT2D eigenvalue weighted by atomic mass is 16.7. The third-order valence-electron chi connectivity index (χ3n) is 14.8. The second-order valence-corrected chi connectivity index (χ2v) is 21.9. The van der Waals surface area contributed by atoms with E-state index in [0.29, 0.717) is 30.9 Å². The van der Waals surface area contributed by atoms with E-state index in [1.165, 1.54) is 7.11 Å². The summed E-state index contributed by atoms with van der Waals surface area (Å²) in [6, 6.07) is -7.38. The monoisotopic (exact) mass is 1210 g/mol. The molecule has 20 N–H and O–H groups in total. The van der Waals surface area contributed by atoms with Crippen molar-refractivity contribution in [1.82, 2.24) is 46.5 Å². The smallest absolute Gasteiger partial charge is 0.330 e. The van der Waals surface area contributed by atoms with Crippen LogP contribution in [0.5, 0.6) is 0 Å². The number of nitrogens with one attached hydrogen (secondary N) is 8. The molecule has 0 radical (unpaired) electrons. The van der Waals surface area contributed by atoms with Gasteiger partial charge in [0, 0.05) is 52.0 Å². The molecule has 0 bridgehead atoms. The van der Waals surface area contributed by atoms with Crippen molar-refractivity contribution in [1.29, 1.82) is 5.41 Å². The highest BCUT2D eigenvalue weighted by Gasteiger charge is 2.54. The van der Waals surface area contributed by atoms with Crippen LogP contribution in [-0.4, -0.2) is 218 Å². The summed E-state index contributed by atoms with van der Waals surface area (Å²) >= 11 is 0. The van der Waals surface area contributed by atoms with Crippen LogP contribution < -0.4 is 60.4 Å².